The number of nitrogens with one attached hydrogen (secondary N) is 1. The van der Waals surface area contributed by atoms with Crippen molar-refractivity contribution in [1.82, 2.24) is 9.55 Å². The van der Waals surface area contributed by atoms with Crippen molar-refractivity contribution in [2.24, 2.45) is 0 Å². The molecule has 0 radical (unpaired) electrons. The quantitative estimate of drug-likeness (QED) is 0.701. The summed E-state index contributed by atoms with van der Waals surface area (Å²) in [4.78, 5) is 3.20. The van der Waals surface area contributed by atoms with Crippen molar-refractivity contribution in [1.29, 1.82) is 0 Å². The van der Waals surface area contributed by atoms with E-state index in [0.717, 1.165) is 26.9 Å². The number of nitrogens with zero attached hydrogens (tertiary/aromatic N) is 1. The largest absolute Gasteiger partial charge is 0.495 e. The Morgan fingerprint density at radius 2 is 2.00 bits per heavy atom. The van der Waals surface area contributed by atoms with Crippen molar-refractivity contribution in [3.63, 3.8) is 0 Å². The molecule has 3 aromatic rings. The zero-order valence-electron chi connectivity index (χ0n) is 10.2. The molecule has 0 spiro atoms. The first-order valence-corrected chi connectivity index (χ1v) is 6.94. The molecule has 0 unspecified atom stereocenters. The number of aromatic nitrogens is 2. The number of ether oxygens (including phenoxy) is 1. The van der Waals surface area contributed by atoms with Crippen molar-refractivity contribution >= 4 is 39.2 Å². The van der Waals surface area contributed by atoms with Crippen LogP contribution in [0, 0.1) is 4.77 Å². The van der Waals surface area contributed by atoms with Gasteiger partial charge in [0.05, 0.1) is 23.8 Å². The van der Waals surface area contributed by atoms with Gasteiger partial charge in [0, 0.05) is 4.47 Å². The van der Waals surface area contributed by atoms with Gasteiger partial charge >= 0.3 is 0 Å². The van der Waals surface area contributed by atoms with Crippen molar-refractivity contribution in [2.45, 2.75) is 0 Å². The molecule has 0 aliphatic rings. The minimum Gasteiger partial charge on any atom is -0.495 e. The summed E-state index contributed by atoms with van der Waals surface area (Å²) >= 11 is 8.91. The van der Waals surface area contributed by atoms with E-state index in [2.05, 4.69) is 20.9 Å². The Hall–Kier alpha value is -1.59. The highest BCUT2D eigenvalue weighted by Gasteiger charge is 2.11. The fourth-order valence-electron chi connectivity index (χ4n) is 2.13. The summed E-state index contributed by atoms with van der Waals surface area (Å²) in [5.74, 6) is 0.782. The summed E-state index contributed by atoms with van der Waals surface area (Å²) in [6.07, 6.45) is 0. The van der Waals surface area contributed by atoms with E-state index in [1.54, 1.807) is 7.11 Å². The van der Waals surface area contributed by atoms with Crippen molar-refractivity contribution < 1.29 is 4.74 Å². The third-order valence-corrected chi connectivity index (χ3v) is 3.75. The van der Waals surface area contributed by atoms with Gasteiger partial charge < -0.3 is 9.72 Å². The second-order valence-corrected chi connectivity index (χ2v) is 5.40. The Bertz CT molecular complexity index is 807. The van der Waals surface area contributed by atoms with Crippen LogP contribution in [0.4, 0.5) is 0 Å². The third-order valence-electron chi connectivity index (χ3n) is 2.97. The molecule has 2 aromatic carbocycles. The third kappa shape index (κ3) is 2.09. The van der Waals surface area contributed by atoms with Gasteiger partial charge in [0.15, 0.2) is 4.77 Å². The van der Waals surface area contributed by atoms with Crippen LogP contribution in [0.5, 0.6) is 5.75 Å². The highest BCUT2D eigenvalue weighted by Crippen LogP contribution is 2.29. The van der Waals surface area contributed by atoms with Gasteiger partial charge in [0.2, 0.25) is 0 Å². The maximum Gasteiger partial charge on any atom is 0.182 e. The van der Waals surface area contributed by atoms with Gasteiger partial charge in [0.1, 0.15) is 5.75 Å². The van der Waals surface area contributed by atoms with Gasteiger partial charge in [-0.25, -0.2) is 0 Å². The molecule has 96 valence electrons. The van der Waals surface area contributed by atoms with Crippen LogP contribution >= 0.6 is 28.1 Å². The van der Waals surface area contributed by atoms with Crippen LogP contribution in [-0.2, 0) is 0 Å². The second kappa shape index (κ2) is 4.83. The molecular formula is C14H11BrN2OS. The van der Waals surface area contributed by atoms with Gasteiger partial charge in [-0.15, -0.1) is 0 Å². The Morgan fingerprint density at radius 3 is 2.79 bits per heavy atom. The van der Waals surface area contributed by atoms with Gasteiger partial charge in [-0.2, -0.15) is 0 Å². The molecular weight excluding hydrogens is 324 g/mol. The minimum absolute atomic E-state index is 0.651. The molecule has 1 aromatic heterocycles. The number of hydrogen-bond acceptors (Lipinski definition) is 2. The van der Waals surface area contributed by atoms with E-state index in [1.807, 2.05) is 47.0 Å². The SMILES string of the molecule is COc1ccc(Br)cc1-n1c(=S)[nH]c2ccccc21. The van der Waals surface area contributed by atoms with E-state index in [1.165, 1.54) is 0 Å². The van der Waals surface area contributed by atoms with Crippen LogP contribution in [0.25, 0.3) is 16.7 Å². The van der Waals surface area contributed by atoms with E-state index >= 15 is 0 Å². The number of methoxy groups -OCH3 is 1. The average molecular weight is 335 g/mol. The predicted molar refractivity (Wildman–Crippen MR) is 82.7 cm³/mol. The molecule has 1 N–H and O–H groups in total. The van der Waals surface area contributed by atoms with Crippen LogP contribution in [0.15, 0.2) is 46.9 Å². The first-order valence-electron chi connectivity index (χ1n) is 5.74. The van der Waals surface area contributed by atoms with Crippen LogP contribution in [-0.4, -0.2) is 16.7 Å². The molecule has 0 atom stereocenters. The lowest BCUT2D eigenvalue weighted by atomic mass is 10.2. The topological polar surface area (TPSA) is 29.9 Å². The average Bonchev–Trinajstić information content (AvgIpc) is 2.74. The summed E-state index contributed by atoms with van der Waals surface area (Å²) in [7, 11) is 1.66. The molecule has 0 saturated carbocycles. The lowest BCUT2D eigenvalue weighted by Gasteiger charge is -2.10. The summed E-state index contributed by atoms with van der Waals surface area (Å²) in [6.45, 7) is 0. The molecule has 5 heteroatoms. The number of halogens is 1. The molecule has 0 aliphatic carbocycles. The van der Waals surface area contributed by atoms with Gasteiger partial charge in [-0.05, 0) is 42.5 Å². The molecule has 0 aliphatic heterocycles. The highest BCUT2D eigenvalue weighted by atomic mass is 79.9. The van der Waals surface area contributed by atoms with Crippen LogP contribution in [0.1, 0.15) is 0 Å². The molecule has 0 bridgehead atoms. The number of hydrogen-bond donors (Lipinski definition) is 1. The molecule has 0 saturated heterocycles. The molecule has 1 heterocycles. The van der Waals surface area contributed by atoms with Crippen LogP contribution in [0.3, 0.4) is 0 Å². The second-order valence-electron chi connectivity index (χ2n) is 4.10. The summed E-state index contributed by atoms with van der Waals surface area (Å²) in [5.41, 5.74) is 2.96. The zero-order valence-corrected chi connectivity index (χ0v) is 12.6. The number of para-hydroxylation sites is 2. The maximum absolute atomic E-state index is 5.43. The molecule has 3 nitrogen and oxygen atoms in total. The number of aromatic amines is 1. The van der Waals surface area contributed by atoms with Crippen molar-refractivity contribution in [2.75, 3.05) is 7.11 Å². The zero-order chi connectivity index (χ0) is 13.4. The molecule has 0 fully saturated rings. The standard InChI is InChI=1S/C14H11BrN2OS/c1-18-13-7-6-9(15)8-12(13)17-11-5-3-2-4-10(11)16-14(17)19/h2-8H,1H3,(H,16,19). The van der Waals surface area contributed by atoms with Crippen LogP contribution in [0.2, 0.25) is 0 Å². The lowest BCUT2D eigenvalue weighted by Crippen LogP contribution is -1.98. The van der Waals surface area contributed by atoms with E-state index in [0.29, 0.717) is 4.77 Å². The monoisotopic (exact) mass is 334 g/mol. The Kier molecular flexibility index (Phi) is 3.16. The maximum atomic E-state index is 5.43. The Morgan fingerprint density at radius 1 is 1.21 bits per heavy atom. The summed E-state index contributed by atoms with van der Waals surface area (Å²) in [5, 5.41) is 0. The van der Waals surface area contributed by atoms with E-state index in [9.17, 15) is 0 Å². The number of rotatable bonds is 2. The van der Waals surface area contributed by atoms with Gasteiger partial charge in [-0.3, -0.25) is 4.57 Å². The fraction of sp³-hybridized carbons (Fsp3) is 0.0714. The van der Waals surface area contributed by atoms with Crippen molar-refractivity contribution in [3.8, 4) is 11.4 Å². The van der Waals surface area contributed by atoms with Crippen LogP contribution < -0.4 is 4.74 Å². The summed E-state index contributed by atoms with van der Waals surface area (Å²) < 4.78 is 9.04. The first kappa shape index (κ1) is 12.4. The van der Waals surface area contributed by atoms with E-state index in [4.69, 9.17) is 17.0 Å². The normalized spacial score (nSPS) is 10.8. The smallest absolute Gasteiger partial charge is 0.182 e. The molecule has 3 rings (SSSR count). The van der Waals surface area contributed by atoms with E-state index < -0.39 is 0 Å². The minimum atomic E-state index is 0.651. The highest BCUT2D eigenvalue weighted by molar-refractivity contribution is 9.10. The summed E-state index contributed by atoms with van der Waals surface area (Å²) in [6, 6.07) is 13.9. The lowest BCUT2D eigenvalue weighted by molar-refractivity contribution is 0.413. The Balaban J connectivity index is 2.39. The fourth-order valence-corrected chi connectivity index (χ4v) is 2.79. The molecule has 0 amide bonds. The molecule has 19 heavy (non-hydrogen) atoms. The van der Waals surface area contributed by atoms with E-state index in [-0.39, 0.29) is 0 Å². The number of fused-ring (bicyclic) bond motifs is 1. The van der Waals surface area contributed by atoms with Gasteiger partial charge in [-0.1, -0.05) is 28.1 Å². The predicted octanol–water partition coefficient (Wildman–Crippen LogP) is 4.46. The van der Waals surface area contributed by atoms with Gasteiger partial charge in [0.25, 0.3) is 0 Å². The number of benzene rings is 2. The first-order chi connectivity index (χ1) is 9.20. The Labute approximate surface area is 124 Å². The van der Waals surface area contributed by atoms with Crippen molar-refractivity contribution in [3.05, 3.63) is 51.7 Å². The number of imidazole rings is 1. The number of H-pyrrole nitrogens is 1.